The predicted molar refractivity (Wildman–Crippen MR) is 104 cm³/mol. The lowest BCUT2D eigenvalue weighted by Gasteiger charge is -2.19. The number of methoxy groups -OCH3 is 1. The molecule has 0 saturated carbocycles. The van der Waals surface area contributed by atoms with Gasteiger partial charge in [-0.2, -0.15) is 0 Å². The van der Waals surface area contributed by atoms with Gasteiger partial charge in [0, 0.05) is 22.2 Å². The number of halogens is 1. The van der Waals surface area contributed by atoms with Crippen LogP contribution in [0.5, 0.6) is 5.88 Å². The molecule has 7 nitrogen and oxygen atoms in total. The van der Waals surface area contributed by atoms with Gasteiger partial charge < -0.3 is 19.8 Å². The number of aromatic amines is 1. The zero-order chi connectivity index (χ0) is 19.6. The molecule has 0 aliphatic rings. The maximum atomic E-state index is 11.8. The molecule has 2 aromatic heterocycles. The molecule has 0 spiro atoms. The normalized spacial score (nSPS) is 11.4. The molecule has 0 bridgehead atoms. The summed E-state index contributed by atoms with van der Waals surface area (Å²) in [6, 6.07) is 5.69. The van der Waals surface area contributed by atoms with Gasteiger partial charge in [-0.3, -0.25) is 0 Å². The van der Waals surface area contributed by atoms with E-state index in [1.165, 1.54) is 7.11 Å². The summed E-state index contributed by atoms with van der Waals surface area (Å²) in [5.74, 6) is 0.436. The van der Waals surface area contributed by atoms with E-state index in [4.69, 9.17) is 21.1 Å². The van der Waals surface area contributed by atoms with E-state index in [0.29, 0.717) is 23.1 Å². The van der Waals surface area contributed by atoms with Crippen molar-refractivity contribution >= 4 is 28.6 Å². The topological polar surface area (TPSA) is 89.1 Å². The maximum Gasteiger partial charge on any atom is 0.407 e. The third-order valence-corrected chi connectivity index (χ3v) is 4.01. The van der Waals surface area contributed by atoms with Crippen LogP contribution in [0.25, 0.3) is 22.2 Å². The van der Waals surface area contributed by atoms with E-state index in [0.717, 1.165) is 22.2 Å². The van der Waals surface area contributed by atoms with Gasteiger partial charge in [-0.25, -0.2) is 14.8 Å². The van der Waals surface area contributed by atoms with Crippen molar-refractivity contribution in [3.8, 4) is 17.1 Å². The fourth-order valence-electron chi connectivity index (χ4n) is 2.55. The monoisotopic (exact) mass is 388 g/mol. The number of amides is 1. The van der Waals surface area contributed by atoms with Crippen LogP contribution in [0, 0.1) is 0 Å². The second-order valence-electron chi connectivity index (χ2n) is 7.01. The van der Waals surface area contributed by atoms with Crippen LogP contribution in [-0.4, -0.2) is 33.8 Å². The third kappa shape index (κ3) is 4.68. The number of nitrogens with zero attached hydrogens (tertiary/aromatic N) is 2. The lowest BCUT2D eigenvalue weighted by Crippen LogP contribution is -2.32. The highest BCUT2D eigenvalue weighted by atomic mass is 35.5. The first-order valence-corrected chi connectivity index (χ1v) is 8.77. The van der Waals surface area contributed by atoms with Crippen molar-refractivity contribution in [2.45, 2.75) is 32.9 Å². The minimum absolute atomic E-state index is 0.318. The van der Waals surface area contributed by atoms with Gasteiger partial charge in [-0.05, 0) is 39.0 Å². The van der Waals surface area contributed by atoms with E-state index in [1.54, 1.807) is 12.4 Å². The number of fused-ring (bicyclic) bond motifs is 1. The lowest BCUT2D eigenvalue weighted by molar-refractivity contribution is 0.0523. The summed E-state index contributed by atoms with van der Waals surface area (Å²) < 4.78 is 10.3. The molecule has 142 valence electrons. The van der Waals surface area contributed by atoms with Gasteiger partial charge in [0.1, 0.15) is 5.60 Å². The zero-order valence-electron chi connectivity index (χ0n) is 15.6. The van der Waals surface area contributed by atoms with E-state index < -0.39 is 11.7 Å². The van der Waals surface area contributed by atoms with Gasteiger partial charge in [0.2, 0.25) is 5.88 Å². The Morgan fingerprint density at radius 2 is 2.00 bits per heavy atom. The fraction of sp³-hybridized carbons (Fsp3) is 0.316. The highest BCUT2D eigenvalue weighted by Gasteiger charge is 2.16. The van der Waals surface area contributed by atoms with E-state index in [1.807, 2.05) is 39.0 Å². The number of benzene rings is 1. The third-order valence-electron chi connectivity index (χ3n) is 3.70. The summed E-state index contributed by atoms with van der Waals surface area (Å²) in [7, 11) is 1.54. The Bertz CT molecular complexity index is 961. The van der Waals surface area contributed by atoms with Crippen molar-refractivity contribution < 1.29 is 14.3 Å². The summed E-state index contributed by atoms with van der Waals surface area (Å²) in [6.45, 7) is 5.78. The fourth-order valence-corrected chi connectivity index (χ4v) is 2.82. The number of hydrogen-bond donors (Lipinski definition) is 2. The molecule has 2 N–H and O–H groups in total. The molecule has 0 aliphatic heterocycles. The summed E-state index contributed by atoms with van der Waals surface area (Å²) in [6.07, 6.45) is 2.69. The molecule has 0 atom stereocenters. The molecule has 27 heavy (non-hydrogen) atoms. The van der Waals surface area contributed by atoms with E-state index in [-0.39, 0.29) is 0 Å². The van der Waals surface area contributed by atoms with Gasteiger partial charge in [0.25, 0.3) is 0 Å². The Morgan fingerprint density at radius 3 is 2.63 bits per heavy atom. The number of H-pyrrole nitrogens is 1. The first-order valence-electron chi connectivity index (χ1n) is 8.39. The maximum absolute atomic E-state index is 11.8. The summed E-state index contributed by atoms with van der Waals surface area (Å²) in [4.78, 5) is 23.6. The molecule has 0 unspecified atom stereocenters. The van der Waals surface area contributed by atoms with E-state index in [2.05, 4.69) is 20.3 Å². The molecule has 8 heteroatoms. The van der Waals surface area contributed by atoms with Crippen molar-refractivity contribution in [2.75, 3.05) is 7.11 Å². The summed E-state index contributed by atoms with van der Waals surface area (Å²) >= 11 is 6.42. The molecule has 3 aromatic rings. The Kier molecular flexibility index (Phi) is 5.23. The van der Waals surface area contributed by atoms with Crippen LogP contribution in [0.4, 0.5) is 4.79 Å². The number of hydrogen-bond acceptors (Lipinski definition) is 5. The predicted octanol–water partition coefficient (Wildman–Crippen LogP) is 4.31. The Labute approximate surface area is 162 Å². The summed E-state index contributed by atoms with van der Waals surface area (Å²) in [5.41, 5.74) is 2.59. The summed E-state index contributed by atoms with van der Waals surface area (Å²) in [5, 5.41) is 4.23. The number of nitrogens with one attached hydrogen (secondary N) is 2. The standard InChI is InChI=1S/C19H21ClN4O3/c1-19(2,3)27-18(25)23-8-12-5-11-6-14(20)13(7-15(11)24-12)16-9-22-17(26-4)10-21-16/h5-7,9-10,24H,8H2,1-4H3,(H,23,25). The van der Waals surface area contributed by atoms with Gasteiger partial charge in [-0.15, -0.1) is 0 Å². The second kappa shape index (κ2) is 7.44. The molecule has 0 radical (unpaired) electrons. The zero-order valence-corrected chi connectivity index (χ0v) is 16.3. The molecule has 0 saturated heterocycles. The molecule has 1 amide bonds. The van der Waals surface area contributed by atoms with Crippen LogP contribution in [0.15, 0.2) is 30.6 Å². The van der Waals surface area contributed by atoms with Crippen LogP contribution in [0.2, 0.25) is 5.02 Å². The number of rotatable bonds is 4. The number of aromatic nitrogens is 3. The van der Waals surface area contributed by atoms with E-state index in [9.17, 15) is 4.79 Å². The number of carbonyl (C=O) groups excluding carboxylic acids is 1. The highest BCUT2D eigenvalue weighted by Crippen LogP contribution is 2.31. The molecule has 2 heterocycles. The first-order chi connectivity index (χ1) is 12.7. The van der Waals surface area contributed by atoms with Crippen molar-refractivity contribution in [3.63, 3.8) is 0 Å². The number of alkyl carbamates (subject to hydrolysis) is 1. The van der Waals surface area contributed by atoms with Crippen LogP contribution in [-0.2, 0) is 11.3 Å². The lowest BCUT2D eigenvalue weighted by atomic mass is 10.1. The quantitative estimate of drug-likeness (QED) is 0.695. The SMILES string of the molecule is COc1cnc(-c2cc3[nH]c(CNC(=O)OC(C)(C)C)cc3cc2Cl)cn1. The molecular weight excluding hydrogens is 368 g/mol. The van der Waals surface area contributed by atoms with Crippen LogP contribution < -0.4 is 10.1 Å². The van der Waals surface area contributed by atoms with Gasteiger partial charge in [-0.1, -0.05) is 11.6 Å². The van der Waals surface area contributed by atoms with Crippen LogP contribution in [0.1, 0.15) is 26.5 Å². The van der Waals surface area contributed by atoms with Crippen LogP contribution in [0.3, 0.4) is 0 Å². The highest BCUT2D eigenvalue weighted by molar-refractivity contribution is 6.34. The van der Waals surface area contributed by atoms with Crippen molar-refractivity contribution in [1.82, 2.24) is 20.3 Å². The smallest absolute Gasteiger partial charge is 0.407 e. The molecule has 1 aromatic carbocycles. The minimum Gasteiger partial charge on any atom is -0.480 e. The first kappa shape index (κ1) is 19.0. The van der Waals surface area contributed by atoms with E-state index >= 15 is 0 Å². The number of ether oxygens (including phenoxy) is 2. The molecule has 3 rings (SSSR count). The van der Waals surface area contributed by atoms with Gasteiger partial charge in [0.15, 0.2) is 0 Å². The minimum atomic E-state index is -0.535. The second-order valence-corrected chi connectivity index (χ2v) is 7.42. The average Bonchev–Trinajstić information content (AvgIpc) is 2.99. The molecule has 0 fully saturated rings. The number of carbonyl (C=O) groups is 1. The van der Waals surface area contributed by atoms with Gasteiger partial charge in [0.05, 0.1) is 36.8 Å². The Hall–Kier alpha value is -2.80. The van der Waals surface area contributed by atoms with Crippen molar-refractivity contribution in [3.05, 3.63) is 41.3 Å². The average molecular weight is 389 g/mol. The largest absolute Gasteiger partial charge is 0.480 e. The Morgan fingerprint density at radius 1 is 1.22 bits per heavy atom. The Balaban J connectivity index is 1.80. The van der Waals surface area contributed by atoms with Gasteiger partial charge >= 0.3 is 6.09 Å². The van der Waals surface area contributed by atoms with Crippen LogP contribution >= 0.6 is 11.6 Å². The molecule has 0 aliphatic carbocycles. The van der Waals surface area contributed by atoms with Crippen molar-refractivity contribution in [1.29, 1.82) is 0 Å². The van der Waals surface area contributed by atoms with Crippen molar-refractivity contribution in [2.24, 2.45) is 0 Å². The molecular formula is C19H21ClN4O3.